The molecule has 168 valence electrons. The Bertz CT molecular complexity index is 917. The molecule has 0 amide bonds. The van der Waals surface area contributed by atoms with Crippen molar-refractivity contribution in [2.45, 2.75) is 40.5 Å². The monoisotopic (exact) mass is 432 g/mol. The van der Waals surface area contributed by atoms with Crippen LogP contribution >= 0.6 is 0 Å². The van der Waals surface area contributed by atoms with Crippen molar-refractivity contribution in [2.24, 2.45) is 5.92 Å². The lowest BCUT2D eigenvalue weighted by Gasteiger charge is -2.10. The van der Waals surface area contributed by atoms with E-state index < -0.39 is 23.3 Å². The van der Waals surface area contributed by atoms with Crippen molar-refractivity contribution in [1.82, 2.24) is 0 Å². The lowest BCUT2D eigenvalue weighted by molar-refractivity contribution is 0.557. The number of allylic oxidation sites excluding steroid dienone is 14. The Morgan fingerprint density at radius 1 is 0.710 bits per heavy atom. The van der Waals surface area contributed by atoms with Crippen molar-refractivity contribution in [2.75, 3.05) is 0 Å². The van der Waals surface area contributed by atoms with Gasteiger partial charge >= 0.3 is 0 Å². The Balaban J connectivity index is 5.45. The summed E-state index contributed by atoms with van der Waals surface area (Å²) in [6.45, 7) is 28.2. The Labute approximate surface area is 184 Å². The van der Waals surface area contributed by atoms with Crippen LogP contribution in [0.2, 0.25) is 0 Å². The molecule has 0 spiro atoms. The molecule has 0 aliphatic carbocycles. The molecule has 1 unspecified atom stereocenters. The van der Waals surface area contributed by atoms with Crippen LogP contribution in [0.1, 0.15) is 40.5 Å². The molecular formula is C27H32F4. The van der Waals surface area contributed by atoms with Gasteiger partial charge in [-0.05, 0) is 48.5 Å². The van der Waals surface area contributed by atoms with Crippen LogP contribution in [-0.4, -0.2) is 0 Å². The van der Waals surface area contributed by atoms with Crippen LogP contribution in [-0.2, 0) is 0 Å². The summed E-state index contributed by atoms with van der Waals surface area (Å²) in [6, 6.07) is 0. The summed E-state index contributed by atoms with van der Waals surface area (Å²) < 4.78 is 56.8. The van der Waals surface area contributed by atoms with Crippen LogP contribution in [0.3, 0.4) is 0 Å². The molecule has 0 fully saturated rings. The Morgan fingerprint density at radius 2 is 1.10 bits per heavy atom. The van der Waals surface area contributed by atoms with Gasteiger partial charge in [-0.1, -0.05) is 78.0 Å². The fourth-order valence-corrected chi connectivity index (χ4v) is 2.11. The first kappa shape index (κ1) is 28.1. The normalized spacial score (nSPS) is 14.5. The van der Waals surface area contributed by atoms with Crippen LogP contribution < -0.4 is 0 Å². The zero-order valence-electron chi connectivity index (χ0n) is 19.0. The van der Waals surface area contributed by atoms with Crippen LogP contribution in [0.25, 0.3) is 0 Å². The van der Waals surface area contributed by atoms with Gasteiger partial charge in [-0.25, -0.2) is 17.6 Å². The van der Waals surface area contributed by atoms with Gasteiger partial charge in [0.1, 0.15) is 0 Å². The van der Waals surface area contributed by atoms with E-state index in [1.54, 1.807) is 6.92 Å². The Morgan fingerprint density at radius 3 is 1.48 bits per heavy atom. The number of hydrogen-bond donors (Lipinski definition) is 0. The quantitative estimate of drug-likeness (QED) is 0.213. The van der Waals surface area contributed by atoms with Gasteiger partial charge in [0.05, 0.1) is 0 Å². The van der Waals surface area contributed by atoms with E-state index in [9.17, 15) is 17.6 Å². The summed E-state index contributed by atoms with van der Waals surface area (Å²) in [5, 5.41) is 0. The molecule has 0 rings (SSSR count). The second kappa shape index (κ2) is 12.7. The molecule has 0 aromatic carbocycles. The first-order chi connectivity index (χ1) is 14.3. The van der Waals surface area contributed by atoms with E-state index in [0.717, 1.165) is 12.8 Å². The molecular weight excluding hydrogens is 400 g/mol. The second-order valence-electron chi connectivity index (χ2n) is 7.49. The van der Waals surface area contributed by atoms with Gasteiger partial charge in [0.2, 0.25) is 0 Å². The standard InChI is InChI=1S/C27H32F4/c1-11-17(4)12-13-18(5)22(9)26(30)27(31)23(10)20(7)15-14-19(6)21(8)25(29)24(28)16(2)3/h13-15,17H,2,6-12H2,1,3-5H3/b15-14-,18-13+,25-24-,27-26-. The van der Waals surface area contributed by atoms with Gasteiger partial charge in [0.15, 0.2) is 23.3 Å². The topological polar surface area (TPSA) is 0 Å². The molecule has 0 radical (unpaired) electrons. The first-order valence-corrected chi connectivity index (χ1v) is 9.84. The summed E-state index contributed by atoms with van der Waals surface area (Å²) in [5.74, 6) is -4.22. The average Bonchev–Trinajstić information content (AvgIpc) is 2.76. The number of hydrogen-bond acceptors (Lipinski definition) is 0. The van der Waals surface area contributed by atoms with Gasteiger partial charge in [0.25, 0.3) is 0 Å². The lowest BCUT2D eigenvalue weighted by Crippen LogP contribution is -1.95. The molecule has 0 aliphatic rings. The molecule has 0 bridgehead atoms. The fraction of sp³-hybridized carbons (Fsp3) is 0.259. The number of rotatable bonds is 12. The van der Waals surface area contributed by atoms with E-state index in [1.165, 1.54) is 19.1 Å². The molecule has 1 atom stereocenters. The smallest absolute Gasteiger partial charge is 0.166 e. The highest BCUT2D eigenvalue weighted by Crippen LogP contribution is 2.31. The summed E-state index contributed by atoms with van der Waals surface area (Å²) in [7, 11) is 0. The maximum Gasteiger partial charge on any atom is 0.166 e. The minimum atomic E-state index is -1.19. The van der Waals surface area contributed by atoms with Crippen molar-refractivity contribution in [3.8, 4) is 0 Å². The van der Waals surface area contributed by atoms with Gasteiger partial charge in [-0.15, -0.1) is 0 Å². The van der Waals surface area contributed by atoms with Gasteiger partial charge < -0.3 is 0 Å². The molecule has 0 saturated heterocycles. The molecule has 4 heteroatoms. The molecule has 0 aliphatic heterocycles. The molecule has 0 nitrogen and oxygen atoms in total. The van der Waals surface area contributed by atoms with E-state index in [1.807, 2.05) is 6.08 Å². The van der Waals surface area contributed by atoms with Gasteiger partial charge in [-0.3, -0.25) is 0 Å². The van der Waals surface area contributed by atoms with Crippen LogP contribution in [0.15, 0.2) is 120 Å². The predicted octanol–water partition coefficient (Wildman–Crippen LogP) is 9.58. The zero-order valence-corrected chi connectivity index (χ0v) is 19.0. The predicted molar refractivity (Wildman–Crippen MR) is 126 cm³/mol. The van der Waals surface area contributed by atoms with Gasteiger partial charge in [0, 0.05) is 16.7 Å². The summed E-state index contributed by atoms with van der Waals surface area (Å²) >= 11 is 0. The van der Waals surface area contributed by atoms with E-state index in [2.05, 4.69) is 53.3 Å². The van der Waals surface area contributed by atoms with E-state index in [4.69, 9.17) is 0 Å². The lowest BCUT2D eigenvalue weighted by atomic mass is 9.98. The third kappa shape index (κ3) is 8.41. The molecule has 0 aromatic heterocycles. The molecule has 0 heterocycles. The highest BCUT2D eigenvalue weighted by molar-refractivity contribution is 5.55. The summed E-state index contributed by atoms with van der Waals surface area (Å²) in [5.41, 5.74) is -0.168. The largest absolute Gasteiger partial charge is 0.203 e. The molecule has 31 heavy (non-hydrogen) atoms. The maximum atomic E-state index is 14.6. The minimum absolute atomic E-state index is 0.0281. The molecule has 0 N–H and O–H groups in total. The van der Waals surface area contributed by atoms with Crippen molar-refractivity contribution in [1.29, 1.82) is 0 Å². The fourth-order valence-electron chi connectivity index (χ4n) is 2.11. The third-order valence-electron chi connectivity index (χ3n) is 4.82. The molecule has 0 saturated carbocycles. The summed E-state index contributed by atoms with van der Waals surface area (Å²) in [4.78, 5) is 0. The van der Waals surface area contributed by atoms with Crippen LogP contribution in [0.4, 0.5) is 17.6 Å². The highest BCUT2D eigenvalue weighted by Gasteiger charge is 2.16. The third-order valence-corrected chi connectivity index (χ3v) is 4.82. The zero-order chi connectivity index (χ0) is 24.5. The maximum absolute atomic E-state index is 14.6. The van der Waals surface area contributed by atoms with Crippen LogP contribution in [0, 0.1) is 5.92 Å². The Kier molecular flexibility index (Phi) is 11.6. The van der Waals surface area contributed by atoms with Gasteiger partial charge in [-0.2, -0.15) is 0 Å². The van der Waals surface area contributed by atoms with Crippen molar-refractivity contribution < 1.29 is 17.6 Å². The molecule has 0 aromatic rings. The minimum Gasteiger partial charge on any atom is -0.203 e. The van der Waals surface area contributed by atoms with E-state index in [0.29, 0.717) is 11.5 Å². The van der Waals surface area contributed by atoms with E-state index in [-0.39, 0.29) is 33.4 Å². The average molecular weight is 433 g/mol. The van der Waals surface area contributed by atoms with E-state index >= 15 is 0 Å². The van der Waals surface area contributed by atoms with Crippen molar-refractivity contribution in [3.05, 3.63) is 120 Å². The van der Waals surface area contributed by atoms with Crippen molar-refractivity contribution >= 4 is 0 Å². The SMILES string of the molecule is C=C(/C=C\C(=C)C(=C)/C(F)=C(/F)C(=C)/C(C)=C/CC(C)CC)C(=C)/C(F)=C(/F)C(=C)C. The number of halogens is 4. The second-order valence-corrected chi connectivity index (χ2v) is 7.49. The first-order valence-electron chi connectivity index (χ1n) is 9.84. The highest BCUT2D eigenvalue weighted by atomic mass is 19.2. The Hall–Kier alpha value is -2.88. The van der Waals surface area contributed by atoms with Crippen LogP contribution in [0.5, 0.6) is 0 Å². The summed E-state index contributed by atoms with van der Waals surface area (Å²) in [6.07, 6.45) is 6.06. The van der Waals surface area contributed by atoms with Crippen molar-refractivity contribution in [3.63, 3.8) is 0 Å².